The molecule has 0 aliphatic heterocycles. The first-order valence-electron chi connectivity index (χ1n) is 7.42. The third-order valence-corrected chi connectivity index (χ3v) is 3.29. The van der Waals surface area contributed by atoms with Crippen molar-refractivity contribution in [1.82, 2.24) is 15.2 Å². The molecule has 2 heterocycles. The van der Waals surface area contributed by atoms with Crippen molar-refractivity contribution in [2.45, 2.75) is 12.8 Å². The lowest BCUT2D eigenvalue weighted by molar-refractivity contribution is -0.116. The van der Waals surface area contributed by atoms with Crippen LogP contribution in [0.4, 0.5) is 5.69 Å². The maximum Gasteiger partial charge on any atom is 0.266 e. The summed E-state index contributed by atoms with van der Waals surface area (Å²) in [6.45, 7) is 0. The van der Waals surface area contributed by atoms with E-state index in [1.807, 2.05) is 12.1 Å². The molecule has 0 fully saturated rings. The molecule has 0 atom stereocenters. The van der Waals surface area contributed by atoms with Crippen molar-refractivity contribution in [3.8, 4) is 17.3 Å². The number of carbonyl (C=O) groups is 1. The Labute approximate surface area is 138 Å². The average Bonchev–Trinajstić information content (AvgIpc) is 3.10. The maximum atomic E-state index is 12.0. The minimum atomic E-state index is -0.127. The zero-order chi connectivity index (χ0) is 16.8. The molecule has 7 heteroatoms. The number of methoxy groups -OCH3 is 1. The number of hydrogen-bond donors (Lipinski definition) is 1. The molecule has 0 bridgehead atoms. The van der Waals surface area contributed by atoms with Crippen molar-refractivity contribution in [1.29, 1.82) is 0 Å². The summed E-state index contributed by atoms with van der Waals surface area (Å²) < 4.78 is 10.6. The number of anilines is 1. The Morgan fingerprint density at radius 2 is 2.00 bits per heavy atom. The van der Waals surface area contributed by atoms with Gasteiger partial charge in [0, 0.05) is 24.7 Å². The van der Waals surface area contributed by atoms with Gasteiger partial charge in [-0.2, -0.15) is 0 Å². The minimum absolute atomic E-state index is 0.127. The van der Waals surface area contributed by atoms with Crippen molar-refractivity contribution in [3.05, 3.63) is 54.6 Å². The summed E-state index contributed by atoms with van der Waals surface area (Å²) in [5, 5.41) is 10.7. The van der Waals surface area contributed by atoms with Gasteiger partial charge in [-0.25, -0.2) is 0 Å². The van der Waals surface area contributed by atoms with E-state index in [0.29, 0.717) is 29.6 Å². The van der Waals surface area contributed by atoms with E-state index in [1.165, 1.54) is 0 Å². The van der Waals surface area contributed by atoms with Crippen LogP contribution in [0.15, 0.2) is 53.1 Å². The Hall–Kier alpha value is -3.22. The van der Waals surface area contributed by atoms with Gasteiger partial charge in [0.25, 0.3) is 5.89 Å². The third kappa shape index (κ3) is 3.95. The second kappa shape index (κ2) is 7.36. The van der Waals surface area contributed by atoms with Gasteiger partial charge in [-0.15, -0.1) is 10.2 Å². The largest absolute Gasteiger partial charge is 0.497 e. The molecular formula is C17H16N4O3. The molecule has 24 heavy (non-hydrogen) atoms. The van der Waals surface area contributed by atoms with Crippen LogP contribution in [0, 0.1) is 0 Å². The summed E-state index contributed by atoms with van der Waals surface area (Å²) in [6, 6.07) is 12.6. The van der Waals surface area contributed by atoms with Crippen molar-refractivity contribution >= 4 is 11.6 Å². The highest BCUT2D eigenvalue weighted by Crippen LogP contribution is 2.17. The summed E-state index contributed by atoms with van der Waals surface area (Å²) in [6.07, 6.45) is 2.26. The average molecular weight is 324 g/mol. The van der Waals surface area contributed by atoms with Gasteiger partial charge in [0.1, 0.15) is 11.4 Å². The summed E-state index contributed by atoms with van der Waals surface area (Å²) >= 11 is 0. The molecule has 1 aromatic carbocycles. The fourth-order valence-electron chi connectivity index (χ4n) is 2.07. The van der Waals surface area contributed by atoms with Crippen LogP contribution in [0.2, 0.25) is 0 Å². The molecule has 0 unspecified atom stereocenters. The fraction of sp³-hybridized carbons (Fsp3) is 0.176. The number of carbonyl (C=O) groups excluding carboxylic acids is 1. The van der Waals surface area contributed by atoms with Crippen LogP contribution in [0.3, 0.4) is 0 Å². The van der Waals surface area contributed by atoms with Gasteiger partial charge >= 0.3 is 0 Å². The number of ether oxygens (including phenoxy) is 1. The summed E-state index contributed by atoms with van der Waals surface area (Å²) in [5.74, 6) is 1.36. The SMILES string of the molecule is COc1ccc(NC(=O)CCc2nnc(-c3ccccn3)o2)cc1. The molecule has 0 aliphatic rings. The predicted molar refractivity (Wildman–Crippen MR) is 87.5 cm³/mol. The first-order valence-corrected chi connectivity index (χ1v) is 7.42. The highest BCUT2D eigenvalue weighted by Gasteiger charge is 2.11. The molecule has 0 radical (unpaired) electrons. The number of nitrogens with zero attached hydrogens (tertiary/aromatic N) is 3. The third-order valence-electron chi connectivity index (χ3n) is 3.29. The van der Waals surface area contributed by atoms with Gasteiger partial charge in [-0.1, -0.05) is 6.07 Å². The minimum Gasteiger partial charge on any atom is -0.497 e. The van der Waals surface area contributed by atoms with Crippen molar-refractivity contribution in [3.63, 3.8) is 0 Å². The molecule has 0 saturated heterocycles. The van der Waals surface area contributed by atoms with Crippen LogP contribution in [0.5, 0.6) is 5.75 Å². The Kier molecular flexibility index (Phi) is 4.81. The molecule has 3 rings (SSSR count). The van der Waals surface area contributed by atoms with Gasteiger partial charge in [0.2, 0.25) is 11.8 Å². The van der Waals surface area contributed by atoms with Crippen molar-refractivity contribution < 1.29 is 13.9 Å². The van der Waals surface area contributed by atoms with E-state index in [2.05, 4.69) is 20.5 Å². The van der Waals surface area contributed by atoms with Crippen LogP contribution >= 0.6 is 0 Å². The molecule has 2 aromatic heterocycles. The summed E-state index contributed by atoms with van der Waals surface area (Å²) in [5.41, 5.74) is 1.32. The molecule has 1 N–H and O–H groups in total. The Morgan fingerprint density at radius 3 is 2.71 bits per heavy atom. The smallest absolute Gasteiger partial charge is 0.266 e. The van der Waals surface area contributed by atoms with Crippen LogP contribution in [0.25, 0.3) is 11.6 Å². The number of nitrogens with one attached hydrogen (secondary N) is 1. The topological polar surface area (TPSA) is 90.1 Å². The van der Waals surface area contributed by atoms with Gasteiger partial charge < -0.3 is 14.5 Å². The molecule has 0 spiro atoms. The number of aryl methyl sites for hydroxylation is 1. The molecule has 7 nitrogen and oxygen atoms in total. The van der Waals surface area contributed by atoms with Gasteiger partial charge in [-0.05, 0) is 36.4 Å². The normalized spacial score (nSPS) is 10.4. The lowest BCUT2D eigenvalue weighted by Gasteiger charge is -2.05. The highest BCUT2D eigenvalue weighted by molar-refractivity contribution is 5.90. The number of rotatable bonds is 6. The summed E-state index contributed by atoms with van der Waals surface area (Å²) in [4.78, 5) is 16.1. The Balaban J connectivity index is 1.53. The number of hydrogen-bond acceptors (Lipinski definition) is 6. The van der Waals surface area contributed by atoms with Crippen molar-refractivity contribution in [2.24, 2.45) is 0 Å². The van der Waals surface area contributed by atoms with Gasteiger partial charge in [0.05, 0.1) is 7.11 Å². The Bertz CT molecular complexity index is 800. The molecular weight excluding hydrogens is 308 g/mol. The van der Waals surface area contributed by atoms with E-state index in [0.717, 1.165) is 5.75 Å². The first-order chi connectivity index (χ1) is 11.7. The molecule has 0 aliphatic carbocycles. The number of pyridine rings is 1. The maximum absolute atomic E-state index is 12.0. The van der Waals surface area contributed by atoms with Crippen LogP contribution in [0.1, 0.15) is 12.3 Å². The quantitative estimate of drug-likeness (QED) is 0.750. The number of aromatic nitrogens is 3. The standard InChI is InChI=1S/C17H16N4O3/c1-23-13-7-5-12(6-8-13)19-15(22)9-10-16-20-21-17(24-16)14-4-2-3-11-18-14/h2-8,11H,9-10H2,1H3,(H,19,22). The zero-order valence-electron chi connectivity index (χ0n) is 13.1. The number of amides is 1. The van der Waals surface area contributed by atoms with E-state index in [-0.39, 0.29) is 12.3 Å². The van der Waals surface area contributed by atoms with Crippen LogP contribution in [-0.4, -0.2) is 28.2 Å². The molecule has 0 saturated carbocycles. The lowest BCUT2D eigenvalue weighted by atomic mass is 10.2. The zero-order valence-corrected chi connectivity index (χ0v) is 13.1. The van der Waals surface area contributed by atoms with E-state index < -0.39 is 0 Å². The van der Waals surface area contributed by atoms with E-state index >= 15 is 0 Å². The highest BCUT2D eigenvalue weighted by atomic mass is 16.5. The van der Waals surface area contributed by atoms with Crippen LogP contribution < -0.4 is 10.1 Å². The Morgan fingerprint density at radius 1 is 1.17 bits per heavy atom. The second-order valence-electron chi connectivity index (χ2n) is 4.99. The summed E-state index contributed by atoms with van der Waals surface area (Å²) in [7, 11) is 1.59. The monoisotopic (exact) mass is 324 g/mol. The lowest BCUT2D eigenvalue weighted by Crippen LogP contribution is -2.12. The molecule has 1 amide bonds. The first kappa shape index (κ1) is 15.7. The molecule has 122 valence electrons. The van der Waals surface area contributed by atoms with Gasteiger partial charge in [-0.3, -0.25) is 9.78 Å². The predicted octanol–water partition coefficient (Wildman–Crippen LogP) is 2.71. The van der Waals surface area contributed by atoms with Crippen molar-refractivity contribution in [2.75, 3.05) is 12.4 Å². The van der Waals surface area contributed by atoms with Gasteiger partial charge in [0.15, 0.2) is 0 Å². The van der Waals surface area contributed by atoms with E-state index in [1.54, 1.807) is 43.6 Å². The van der Waals surface area contributed by atoms with Crippen LogP contribution in [-0.2, 0) is 11.2 Å². The molecule has 3 aromatic rings. The number of benzene rings is 1. The van der Waals surface area contributed by atoms with E-state index in [4.69, 9.17) is 9.15 Å². The second-order valence-corrected chi connectivity index (χ2v) is 4.99. The fourth-order valence-corrected chi connectivity index (χ4v) is 2.07. The van der Waals surface area contributed by atoms with E-state index in [9.17, 15) is 4.79 Å².